The number of benzene rings is 2. The van der Waals surface area contributed by atoms with Crippen LogP contribution in [0.3, 0.4) is 0 Å². The molecule has 0 spiro atoms. The number of sulfonamides is 1. The van der Waals surface area contributed by atoms with E-state index in [4.69, 9.17) is 16.3 Å². The fourth-order valence-corrected chi connectivity index (χ4v) is 5.84. The first-order chi connectivity index (χ1) is 13.9. The minimum atomic E-state index is -3.84. The standard InChI is InChI=1S/C20H23ClN2O4S2/c1-27-17-10-9-15(21)12-19(17)29(25,26)23-11-5-6-14(13-23)20(24)22-16-7-3-4-8-18(16)28-2/h3-4,7-10,12,14H,5-6,11,13H2,1-2H3,(H,22,24)/t14-/m0/s1. The second kappa shape index (κ2) is 9.38. The molecule has 156 valence electrons. The van der Waals surface area contributed by atoms with Gasteiger partial charge in [-0.3, -0.25) is 4.79 Å². The van der Waals surface area contributed by atoms with Crippen molar-refractivity contribution in [2.24, 2.45) is 5.92 Å². The van der Waals surface area contributed by atoms with Crippen molar-refractivity contribution in [3.05, 3.63) is 47.5 Å². The molecule has 1 saturated heterocycles. The second-order valence-electron chi connectivity index (χ2n) is 6.69. The number of anilines is 1. The number of halogens is 1. The van der Waals surface area contributed by atoms with Crippen LogP contribution in [0.4, 0.5) is 5.69 Å². The highest BCUT2D eigenvalue weighted by Gasteiger charge is 2.35. The molecule has 2 aromatic rings. The Morgan fingerprint density at radius 3 is 2.76 bits per heavy atom. The lowest BCUT2D eigenvalue weighted by Crippen LogP contribution is -2.43. The third kappa shape index (κ3) is 4.88. The van der Waals surface area contributed by atoms with Gasteiger partial charge in [-0.25, -0.2) is 8.42 Å². The number of hydrogen-bond donors (Lipinski definition) is 1. The van der Waals surface area contributed by atoms with Crippen LogP contribution in [-0.4, -0.2) is 45.1 Å². The first kappa shape index (κ1) is 22.0. The number of methoxy groups -OCH3 is 1. The molecule has 1 aliphatic heterocycles. The van der Waals surface area contributed by atoms with E-state index in [0.29, 0.717) is 24.4 Å². The van der Waals surface area contributed by atoms with Crippen LogP contribution in [0.15, 0.2) is 52.3 Å². The van der Waals surface area contributed by atoms with Crippen LogP contribution < -0.4 is 10.1 Å². The maximum atomic E-state index is 13.2. The zero-order chi connectivity index (χ0) is 21.0. The molecule has 0 radical (unpaired) electrons. The monoisotopic (exact) mass is 454 g/mol. The van der Waals surface area contributed by atoms with E-state index >= 15 is 0 Å². The van der Waals surface area contributed by atoms with Gasteiger partial charge in [-0.2, -0.15) is 4.31 Å². The van der Waals surface area contributed by atoms with Gasteiger partial charge in [0.1, 0.15) is 10.6 Å². The number of thioether (sulfide) groups is 1. The number of rotatable bonds is 6. The van der Waals surface area contributed by atoms with Gasteiger partial charge in [-0.1, -0.05) is 23.7 Å². The molecule has 9 heteroatoms. The summed E-state index contributed by atoms with van der Waals surface area (Å²) in [5, 5.41) is 3.26. The van der Waals surface area contributed by atoms with Crippen molar-refractivity contribution in [2.45, 2.75) is 22.6 Å². The predicted octanol–water partition coefficient (Wildman–Crippen LogP) is 4.11. The van der Waals surface area contributed by atoms with Crippen molar-refractivity contribution in [2.75, 3.05) is 31.8 Å². The summed E-state index contributed by atoms with van der Waals surface area (Å²) >= 11 is 7.56. The fourth-order valence-electron chi connectivity index (χ4n) is 3.35. The number of piperidine rings is 1. The summed E-state index contributed by atoms with van der Waals surface area (Å²) in [7, 11) is -2.43. The van der Waals surface area contributed by atoms with Crippen LogP contribution in [0.1, 0.15) is 12.8 Å². The Balaban J connectivity index is 1.80. The lowest BCUT2D eigenvalue weighted by molar-refractivity contribution is -0.120. The summed E-state index contributed by atoms with van der Waals surface area (Å²) in [6, 6.07) is 12.0. The number of amides is 1. The van der Waals surface area contributed by atoms with Gasteiger partial charge in [-0.05, 0) is 49.4 Å². The molecule has 6 nitrogen and oxygen atoms in total. The van der Waals surface area contributed by atoms with Crippen molar-refractivity contribution in [1.82, 2.24) is 4.31 Å². The Kier molecular flexibility index (Phi) is 7.10. The number of carbonyl (C=O) groups excluding carboxylic acids is 1. The maximum absolute atomic E-state index is 13.2. The van der Waals surface area contributed by atoms with E-state index in [1.807, 2.05) is 30.5 Å². The zero-order valence-electron chi connectivity index (χ0n) is 16.2. The normalized spacial score (nSPS) is 17.7. The lowest BCUT2D eigenvalue weighted by atomic mass is 9.99. The average molecular weight is 455 g/mol. The minimum absolute atomic E-state index is 0.0151. The zero-order valence-corrected chi connectivity index (χ0v) is 18.6. The SMILES string of the molecule is COc1ccc(Cl)cc1S(=O)(=O)N1CCC[C@H](C(=O)Nc2ccccc2SC)C1. The molecule has 0 saturated carbocycles. The Bertz CT molecular complexity index is 998. The molecule has 1 aliphatic rings. The Morgan fingerprint density at radius 2 is 2.03 bits per heavy atom. The van der Waals surface area contributed by atoms with Gasteiger partial charge in [0.05, 0.1) is 18.7 Å². The topological polar surface area (TPSA) is 75.7 Å². The highest BCUT2D eigenvalue weighted by molar-refractivity contribution is 7.98. The van der Waals surface area contributed by atoms with Crippen LogP contribution in [-0.2, 0) is 14.8 Å². The quantitative estimate of drug-likeness (QED) is 0.665. The van der Waals surface area contributed by atoms with Gasteiger partial charge < -0.3 is 10.1 Å². The van der Waals surface area contributed by atoms with E-state index < -0.39 is 15.9 Å². The van der Waals surface area contributed by atoms with Crippen molar-refractivity contribution in [3.63, 3.8) is 0 Å². The molecule has 1 amide bonds. The first-order valence-electron chi connectivity index (χ1n) is 9.14. The predicted molar refractivity (Wildman–Crippen MR) is 116 cm³/mol. The number of nitrogens with zero attached hydrogens (tertiary/aromatic N) is 1. The van der Waals surface area contributed by atoms with Crippen LogP contribution in [0.2, 0.25) is 5.02 Å². The van der Waals surface area contributed by atoms with Crippen molar-refractivity contribution in [3.8, 4) is 5.75 Å². The summed E-state index contributed by atoms with van der Waals surface area (Å²) in [6.45, 7) is 0.467. The summed E-state index contributed by atoms with van der Waals surface area (Å²) in [6.07, 6.45) is 3.18. The van der Waals surface area contributed by atoms with Crippen LogP contribution in [0, 0.1) is 5.92 Å². The lowest BCUT2D eigenvalue weighted by Gasteiger charge is -2.31. The summed E-state index contributed by atoms with van der Waals surface area (Å²) in [5.41, 5.74) is 0.737. The van der Waals surface area contributed by atoms with Crippen LogP contribution in [0.5, 0.6) is 5.75 Å². The molecule has 0 aromatic heterocycles. The van der Waals surface area contributed by atoms with Gasteiger partial charge in [0.2, 0.25) is 15.9 Å². The van der Waals surface area contributed by atoms with E-state index in [9.17, 15) is 13.2 Å². The molecule has 29 heavy (non-hydrogen) atoms. The molecule has 0 unspecified atom stereocenters. The van der Waals surface area contributed by atoms with Gasteiger partial charge >= 0.3 is 0 Å². The fraction of sp³-hybridized carbons (Fsp3) is 0.350. The number of hydrogen-bond acceptors (Lipinski definition) is 5. The van der Waals surface area contributed by atoms with Gasteiger partial charge in [0.15, 0.2) is 0 Å². The Morgan fingerprint density at radius 1 is 1.28 bits per heavy atom. The summed E-state index contributed by atoms with van der Waals surface area (Å²) in [4.78, 5) is 13.8. The van der Waals surface area contributed by atoms with E-state index in [1.165, 1.54) is 23.5 Å². The van der Waals surface area contributed by atoms with E-state index in [2.05, 4.69) is 5.32 Å². The average Bonchev–Trinajstić information content (AvgIpc) is 2.74. The molecular formula is C20H23ClN2O4S2. The van der Waals surface area contributed by atoms with Crippen LogP contribution in [0.25, 0.3) is 0 Å². The molecule has 1 atom stereocenters. The third-order valence-electron chi connectivity index (χ3n) is 4.86. The van der Waals surface area contributed by atoms with Crippen molar-refractivity contribution >= 4 is 45.0 Å². The molecule has 1 N–H and O–H groups in total. The second-order valence-corrected chi connectivity index (χ2v) is 9.88. The van der Waals surface area contributed by atoms with Gasteiger partial charge in [0.25, 0.3) is 0 Å². The number of para-hydroxylation sites is 1. The molecule has 1 fully saturated rings. The highest BCUT2D eigenvalue weighted by Crippen LogP contribution is 2.32. The maximum Gasteiger partial charge on any atom is 0.246 e. The first-order valence-corrected chi connectivity index (χ1v) is 12.2. The van der Waals surface area contributed by atoms with E-state index in [-0.39, 0.29) is 23.1 Å². The van der Waals surface area contributed by atoms with Crippen LogP contribution >= 0.6 is 23.4 Å². The molecular weight excluding hydrogens is 432 g/mol. The van der Waals surface area contributed by atoms with Gasteiger partial charge in [-0.15, -0.1) is 11.8 Å². The summed E-state index contributed by atoms with van der Waals surface area (Å²) < 4.78 is 32.9. The molecule has 0 bridgehead atoms. The Hall–Kier alpha value is -1.74. The number of ether oxygens (including phenoxy) is 1. The van der Waals surface area contributed by atoms with E-state index in [1.54, 1.807) is 17.8 Å². The molecule has 0 aliphatic carbocycles. The smallest absolute Gasteiger partial charge is 0.246 e. The molecule has 3 rings (SSSR count). The third-order valence-corrected chi connectivity index (χ3v) is 7.78. The minimum Gasteiger partial charge on any atom is -0.495 e. The van der Waals surface area contributed by atoms with E-state index in [0.717, 1.165) is 10.6 Å². The number of carbonyl (C=O) groups is 1. The highest BCUT2D eigenvalue weighted by atomic mass is 35.5. The van der Waals surface area contributed by atoms with Crippen molar-refractivity contribution < 1.29 is 17.9 Å². The van der Waals surface area contributed by atoms with Crippen molar-refractivity contribution in [1.29, 1.82) is 0 Å². The molecule has 1 heterocycles. The number of nitrogens with one attached hydrogen (secondary N) is 1. The summed E-state index contributed by atoms with van der Waals surface area (Å²) in [5.74, 6) is -0.377. The Labute approximate surface area is 180 Å². The molecule has 2 aromatic carbocycles. The van der Waals surface area contributed by atoms with Gasteiger partial charge in [0, 0.05) is 23.0 Å². The largest absolute Gasteiger partial charge is 0.495 e.